The number of aromatic nitrogens is 1. The van der Waals surface area contributed by atoms with Gasteiger partial charge in [0, 0.05) is 31.8 Å². The molecule has 1 aliphatic rings. The van der Waals surface area contributed by atoms with Crippen molar-refractivity contribution in [3.63, 3.8) is 0 Å². The lowest BCUT2D eigenvalue weighted by atomic mass is 9.93. The van der Waals surface area contributed by atoms with Gasteiger partial charge in [-0.25, -0.2) is 4.98 Å². The molecule has 1 aliphatic carbocycles. The van der Waals surface area contributed by atoms with Gasteiger partial charge in [0.15, 0.2) is 0 Å². The molecule has 0 bridgehead atoms. The Morgan fingerprint density at radius 3 is 2.80 bits per heavy atom. The molecule has 0 radical (unpaired) electrons. The molecule has 2 rings (SSSR count). The van der Waals surface area contributed by atoms with Gasteiger partial charge in [-0.05, 0) is 31.7 Å². The van der Waals surface area contributed by atoms with E-state index in [-0.39, 0.29) is 18.1 Å². The Morgan fingerprint density at radius 1 is 1.35 bits per heavy atom. The average Bonchev–Trinajstić information content (AvgIpc) is 2.48. The maximum Gasteiger partial charge on any atom is 0.222 e. The average molecular weight is 278 g/mol. The fourth-order valence-electron chi connectivity index (χ4n) is 2.41. The number of rotatable bonds is 6. The molecule has 1 amide bonds. The lowest BCUT2D eigenvalue weighted by Crippen LogP contribution is -2.40. The Morgan fingerprint density at radius 2 is 2.15 bits per heavy atom. The molecule has 0 spiro atoms. The molecule has 5 heteroatoms. The van der Waals surface area contributed by atoms with Crippen LogP contribution in [0.5, 0.6) is 5.88 Å². The minimum Gasteiger partial charge on any atom is -0.474 e. The number of amides is 1. The predicted octanol–water partition coefficient (Wildman–Crippen LogP) is 1.92. The Labute approximate surface area is 119 Å². The number of nitrogens with zero attached hydrogens (tertiary/aromatic N) is 1. The van der Waals surface area contributed by atoms with Crippen molar-refractivity contribution < 1.29 is 14.3 Å². The van der Waals surface area contributed by atoms with E-state index in [1.807, 2.05) is 18.2 Å². The van der Waals surface area contributed by atoms with Crippen molar-refractivity contribution in [3.8, 4) is 5.88 Å². The molecule has 1 N–H and O–H groups in total. The van der Waals surface area contributed by atoms with Gasteiger partial charge in [-0.1, -0.05) is 6.07 Å². The molecule has 5 nitrogen and oxygen atoms in total. The lowest BCUT2D eigenvalue weighted by molar-refractivity contribution is -0.123. The highest BCUT2D eigenvalue weighted by Gasteiger charge is 2.23. The smallest absolute Gasteiger partial charge is 0.222 e. The topological polar surface area (TPSA) is 60.5 Å². The number of pyridine rings is 1. The number of hydrogen-bond acceptors (Lipinski definition) is 4. The van der Waals surface area contributed by atoms with E-state index in [9.17, 15) is 4.79 Å². The molecule has 1 heterocycles. The van der Waals surface area contributed by atoms with E-state index >= 15 is 0 Å². The Hall–Kier alpha value is -1.62. The molecule has 20 heavy (non-hydrogen) atoms. The van der Waals surface area contributed by atoms with Crippen molar-refractivity contribution in [3.05, 3.63) is 24.4 Å². The van der Waals surface area contributed by atoms with E-state index in [1.165, 1.54) is 0 Å². The first-order valence-electron chi connectivity index (χ1n) is 7.14. The highest BCUT2D eigenvalue weighted by atomic mass is 16.5. The van der Waals surface area contributed by atoms with E-state index in [2.05, 4.69) is 10.3 Å². The van der Waals surface area contributed by atoms with Crippen LogP contribution >= 0.6 is 0 Å². The highest BCUT2D eigenvalue weighted by molar-refractivity contribution is 5.76. The molecular weight excluding hydrogens is 256 g/mol. The summed E-state index contributed by atoms with van der Waals surface area (Å²) in [4.78, 5) is 15.8. The SMILES string of the molecule is COCCC(=O)NC1CCC(Oc2ccccn2)CC1. The zero-order chi connectivity index (χ0) is 14.2. The molecule has 0 aliphatic heterocycles. The van der Waals surface area contributed by atoms with Crippen LogP contribution in [0.15, 0.2) is 24.4 Å². The molecule has 110 valence electrons. The molecule has 1 aromatic heterocycles. The molecule has 1 fully saturated rings. The first kappa shape index (κ1) is 14.8. The zero-order valence-electron chi connectivity index (χ0n) is 11.9. The molecular formula is C15H22N2O3. The maximum absolute atomic E-state index is 11.6. The van der Waals surface area contributed by atoms with Crippen LogP contribution in [0, 0.1) is 0 Å². The maximum atomic E-state index is 11.6. The molecule has 0 unspecified atom stereocenters. The Kier molecular flexibility index (Phi) is 5.80. The van der Waals surface area contributed by atoms with Crippen LogP contribution in [0.4, 0.5) is 0 Å². The Balaban J connectivity index is 1.68. The summed E-state index contributed by atoms with van der Waals surface area (Å²) in [6.45, 7) is 0.476. The Bertz CT molecular complexity index is 403. The van der Waals surface area contributed by atoms with Crippen molar-refractivity contribution in [1.82, 2.24) is 10.3 Å². The van der Waals surface area contributed by atoms with Crippen LogP contribution in [0.25, 0.3) is 0 Å². The van der Waals surface area contributed by atoms with Crippen LogP contribution in [0.2, 0.25) is 0 Å². The zero-order valence-corrected chi connectivity index (χ0v) is 11.9. The van der Waals surface area contributed by atoms with Gasteiger partial charge in [0.2, 0.25) is 11.8 Å². The van der Waals surface area contributed by atoms with E-state index in [0.29, 0.717) is 18.9 Å². The quantitative estimate of drug-likeness (QED) is 0.863. The summed E-state index contributed by atoms with van der Waals surface area (Å²) in [5, 5.41) is 3.05. The minimum atomic E-state index is 0.0703. The number of nitrogens with one attached hydrogen (secondary N) is 1. The van der Waals surface area contributed by atoms with Crippen LogP contribution in [-0.4, -0.2) is 36.8 Å². The van der Waals surface area contributed by atoms with E-state index < -0.39 is 0 Å². The van der Waals surface area contributed by atoms with Gasteiger partial charge in [-0.15, -0.1) is 0 Å². The summed E-state index contributed by atoms with van der Waals surface area (Å²) < 4.78 is 10.7. The van der Waals surface area contributed by atoms with Crippen LogP contribution in [-0.2, 0) is 9.53 Å². The standard InChI is InChI=1S/C15H22N2O3/c1-19-11-9-14(18)17-12-5-7-13(8-6-12)20-15-4-2-3-10-16-15/h2-4,10,12-13H,5-9,11H2,1H3,(H,17,18). The normalized spacial score (nSPS) is 22.2. The van der Waals surface area contributed by atoms with Gasteiger partial charge in [-0.3, -0.25) is 4.79 Å². The van der Waals surface area contributed by atoms with Crippen molar-refractivity contribution >= 4 is 5.91 Å². The molecule has 1 aromatic rings. The third-order valence-electron chi connectivity index (χ3n) is 3.50. The fourth-order valence-corrected chi connectivity index (χ4v) is 2.41. The summed E-state index contributed by atoms with van der Waals surface area (Å²) in [5.41, 5.74) is 0. The number of carbonyl (C=O) groups excluding carboxylic acids is 1. The van der Waals surface area contributed by atoms with Crippen LogP contribution in [0.1, 0.15) is 32.1 Å². The third-order valence-corrected chi connectivity index (χ3v) is 3.50. The second-order valence-corrected chi connectivity index (χ2v) is 5.07. The number of ether oxygens (including phenoxy) is 2. The predicted molar refractivity (Wildman–Crippen MR) is 75.5 cm³/mol. The first-order chi connectivity index (χ1) is 9.78. The molecule has 0 atom stereocenters. The number of carbonyl (C=O) groups is 1. The minimum absolute atomic E-state index is 0.0703. The molecule has 0 aromatic carbocycles. The van der Waals surface area contributed by atoms with Crippen LogP contribution in [0.3, 0.4) is 0 Å². The number of methoxy groups -OCH3 is 1. The fraction of sp³-hybridized carbons (Fsp3) is 0.600. The summed E-state index contributed by atoms with van der Waals surface area (Å²) >= 11 is 0. The van der Waals surface area contributed by atoms with Gasteiger partial charge >= 0.3 is 0 Å². The second kappa shape index (κ2) is 7.85. The van der Waals surface area contributed by atoms with Gasteiger partial charge in [0.1, 0.15) is 6.10 Å². The van der Waals surface area contributed by atoms with Gasteiger partial charge in [0.25, 0.3) is 0 Å². The summed E-state index contributed by atoms with van der Waals surface area (Å²) in [5.74, 6) is 0.751. The summed E-state index contributed by atoms with van der Waals surface area (Å²) in [6, 6.07) is 5.94. The van der Waals surface area contributed by atoms with Gasteiger partial charge < -0.3 is 14.8 Å². The molecule has 0 saturated heterocycles. The van der Waals surface area contributed by atoms with Crippen molar-refractivity contribution in [2.24, 2.45) is 0 Å². The van der Waals surface area contributed by atoms with Crippen molar-refractivity contribution in [2.75, 3.05) is 13.7 Å². The largest absolute Gasteiger partial charge is 0.474 e. The van der Waals surface area contributed by atoms with Gasteiger partial charge in [0.05, 0.1) is 6.61 Å². The monoisotopic (exact) mass is 278 g/mol. The van der Waals surface area contributed by atoms with Crippen LogP contribution < -0.4 is 10.1 Å². The van der Waals surface area contributed by atoms with E-state index in [0.717, 1.165) is 25.7 Å². The lowest BCUT2D eigenvalue weighted by Gasteiger charge is -2.29. The summed E-state index contributed by atoms with van der Waals surface area (Å²) in [6.07, 6.45) is 6.18. The van der Waals surface area contributed by atoms with Crippen molar-refractivity contribution in [1.29, 1.82) is 0 Å². The molecule has 1 saturated carbocycles. The first-order valence-corrected chi connectivity index (χ1v) is 7.14. The van der Waals surface area contributed by atoms with E-state index in [1.54, 1.807) is 13.3 Å². The highest BCUT2D eigenvalue weighted by Crippen LogP contribution is 2.22. The summed E-state index contributed by atoms with van der Waals surface area (Å²) in [7, 11) is 1.60. The van der Waals surface area contributed by atoms with E-state index in [4.69, 9.17) is 9.47 Å². The second-order valence-electron chi connectivity index (χ2n) is 5.07. The van der Waals surface area contributed by atoms with Gasteiger partial charge in [-0.2, -0.15) is 0 Å². The number of hydrogen-bond donors (Lipinski definition) is 1. The van der Waals surface area contributed by atoms with Crippen molar-refractivity contribution in [2.45, 2.75) is 44.2 Å². The third kappa shape index (κ3) is 4.81.